The highest BCUT2D eigenvalue weighted by Gasteiger charge is 2.63. The van der Waals surface area contributed by atoms with Crippen LogP contribution in [0.4, 0.5) is 0 Å². The Morgan fingerprint density at radius 3 is 2.24 bits per heavy atom. The summed E-state index contributed by atoms with van der Waals surface area (Å²) in [6.45, 7) is 0.266. The summed E-state index contributed by atoms with van der Waals surface area (Å²) in [5.74, 6) is 0. The molecule has 0 aromatic heterocycles. The van der Waals surface area contributed by atoms with E-state index < -0.39 is 20.1 Å². The molecule has 7 nitrogen and oxygen atoms in total. The summed E-state index contributed by atoms with van der Waals surface area (Å²) in [6, 6.07) is 0. The van der Waals surface area contributed by atoms with E-state index in [4.69, 9.17) is 0 Å². The first-order valence-electron chi connectivity index (χ1n) is 4.66. The highest BCUT2D eigenvalue weighted by atomic mass is 31.2. The Hall–Kier alpha value is -0.680. The number of dihydropyridines is 1. The minimum Gasteiger partial charge on any atom is -0.383 e. The zero-order valence-corrected chi connectivity index (χ0v) is 10.3. The molecule has 2 rings (SSSR count). The Labute approximate surface area is 96.9 Å². The highest BCUT2D eigenvalue weighted by molar-refractivity contribution is 7.73. The quantitative estimate of drug-likeness (QED) is 0.451. The smallest absolute Gasteiger partial charge is 0.353 e. The van der Waals surface area contributed by atoms with Crippen molar-refractivity contribution in [1.82, 2.24) is 5.32 Å². The average molecular weight is 279 g/mol. The zero-order valence-electron chi connectivity index (χ0n) is 8.52. The normalized spacial score (nSPS) is 22.6. The van der Waals surface area contributed by atoms with Crippen LogP contribution >= 0.6 is 15.2 Å². The minimum atomic E-state index is -5.06. The van der Waals surface area contributed by atoms with Gasteiger partial charge in [0.1, 0.15) is 0 Å². The largest absolute Gasteiger partial charge is 0.383 e. The Bertz CT molecular complexity index is 514. The molecule has 0 aromatic rings. The predicted octanol–water partition coefficient (Wildman–Crippen LogP) is 0.0214. The van der Waals surface area contributed by atoms with Crippen molar-refractivity contribution >= 4 is 15.2 Å². The maximum atomic E-state index is 11.5. The van der Waals surface area contributed by atoms with E-state index in [2.05, 4.69) is 5.32 Å². The molecule has 0 spiro atoms. The van der Waals surface area contributed by atoms with Crippen LogP contribution in [-0.2, 0) is 9.13 Å². The van der Waals surface area contributed by atoms with Gasteiger partial charge in [0.2, 0.25) is 4.90 Å². The molecular formula is C8H11NO6P2. The predicted molar refractivity (Wildman–Crippen MR) is 60.1 cm³/mol. The third-order valence-corrected chi connectivity index (χ3v) is 6.82. The maximum Gasteiger partial charge on any atom is 0.353 e. The number of hydrogen-bond acceptors (Lipinski definition) is 3. The van der Waals surface area contributed by atoms with Gasteiger partial charge in [-0.05, 0) is 11.6 Å². The Morgan fingerprint density at radius 2 is 1.71 bits per heavy atom. The van der Waals surface area contributed by atoms with Gasteiger partial charge in [0.15, 0.2) is 0 Å². The topological polar surface area (TPSA) is 127 Å². The molecule has 0 amide bonds. The van der Waals surface area contributed by atoms with Crippen LogP contribution < -0.4 is 5.32 Å². The SMILES string of the molecule is O=P(O)(O)C1(P(=O)(O)O)C=CC2=C1NCC=C2. The Morgan fingerprint density at radius 1 is 1.12 bits per heavy atom. The molecule has 1 aliphatic heterocycles. The lowest BCUT2D eigenvalue weighted by molar-refractivity contribution is 0.328. The summed E-state index contributed by atoms with van der Waals surface area (Å²) in [6.07, 6.45) is 5.45. The van der Waals surface area contributed by atoms with E-state index in [1.54, 1.807) is 12.2 Å². The van der Waals surface area contributed by atoms with Gasteiger partial charge in [-0.15, -0.1) is 0 Å². The molecular weight excluding hydrogens is 268 g/mol. The third kappa shape index (κ3) is 1.67. The lowest BCUT2D eigenvalue weighted by Crippen LogP contribution is -2.36. The summed E-state index contributed by atoms with van der Waals surface area (Å²) < 4.78 is 23.0. The summed E-state index contributed by atoms with van der Waals surface area (Å²) in [5.41, 5.74) is 0.268. The van der Waals surface area contributed by atoms with Crippen molar-refractivity contribution in [2.24, 2.45) is 0 Å². The molecule has 94 valence electrons. The van der Waals surface area contributed by atoms with E-state index >= 15 is 0 Å². The van der Waals surface area contributed by atoms with Gasteiger partial charge >= 0.3 is 15.2 Å². The summed E-state index contributed by atoms with van der Waals surface area (Å²) in [7, 11) is -10.1. The molecule has 0 radical (unpaired) electrons. The molecule has 0 unspecified atom stereocenters. The van der Waals surface area contributed by atoms with Gasteiger partial charge in [0.25, 0.3) is 0 Å². The second-order valence-corrected chi connectivity index (χ2v) is 7.70. The molecule has 17 heavy (non-hydrogen) atoms. The van der Waals surface area contributed by atoms with Gasteiger partial charge in [0, 0.05) is 6.54 Å². The molecule has 1 heterocycles. The molecule has 5 N–H and O–H groups in total. The van der Waals surface area contributed by atoms with E-state index in [0.717, 1.165) is 6.08 Å². The molecule has 1 aliphatic carbocycles. The lowest BCUT2D eigenvalue weighted by Gasteiger charge is -2.33. The first-order chi connectivity index (χ1) is 7.70. The van der Waals surface area contributed by atoms with Gasteiger partial charge < -0.3 is 24.9 Å². The second kappa shape index (κ2) is 3.65. The van der Waals surface area contributed by atoms with Crippen LogP contribution in [0, 0.1) is 0 Å². The van der Waals surface area contributed by atoms with Crippen LogP contribution in [0.5, 0.6) is 0 Å². The van der Waals surface area contributed by atoms with Crippen molar-refractivity contribution in [3.8, 4) is 0 Å². The zero-order chi connectivity index (χ0) is 12.9. The molecule has 9 heteroatoms. The van der Waals surface area contributed by atoms with Gasteiger partial charge in [0.05, 0.1) is 5.70 Å². The molecule has 0 aromatic carbocycles. The lowest BCUT2D eigenvalue weighted by atomic mass is 10.2. The van der Waals surface area contributed by atoms with Gasteiger partial charge in [-0.25, -0.2) is 0 Å². The van der Waals surface area contributed by atoms with Crippen LogP contribution in [0.1, 0.15) is 0 Å². The van der Waals surface area contributed by atoms with E-state index in [1.807, 2.05) is 0 Å². The Balaban J connectivity index is 2.72. The third-order valence-electron chi connectivity index (χ3n) is 2.73. The fourth-order valence-corrected chi connectivity index (χ4v) is 4.85. The first kappa shape index (κ1) is 12.8. The van der Waals surface area contributed by atoms with E-state index in [1.165, 1.54) is 6.08 Å². The number of hydrogen-bond donors (Lipinski definition) is 5. The Kier molecular flexibility index (Phi) is 2.74. The van der Waals surface area contributed by atoms with Crippen LogP contribution in [-0.4, -0.2) is 31.0 Å². The van der Waals surface area contributed by atoms with Crippen molar-refractivity contribution in [1.29, 1.82) is 0 Å². The molecule has 2 aliphatic rings. The van der Waals surface area contributed by atoms with Crippen molar-refractivity contribution < 1.29 is 28.7 Å². The van der Waals surface area contributed by atoms with Crippen molar-refractivity contribution in [3.05, 3.63) is 35.6 Å². The number of rotatable bonds is 2. The van der Waals surface area contributed by atoms with Gasteiger partial charge in [-0.1, -0.05) is 18.2 Å². The van der Waals surface area contributed by atoms with E-state index in [9.17, 15) is 28.7 Å². The van der Waals surface area contributed by atoms with E-state index in [0.29, 0.717) is 5.57 Å². The average Bonchev–Trinajstić information content (AvgIpc) is 2.55. The highest BCUT2D eigenvalue weighted by Crippen LogP contribution is 2.74. The van der Waals surface area contributed by atoms with Crippen LogP contribution in [0.2, 0.25) is 0 Å². The van der Waals surface area contributed by atoms with E-state index in [-0.39, 0.29) is 12.2 Å². The first-order valence-corrected chi connectivity index (χ1v) is 7.88. The fourth-order valence-electron chi connectivity index (χ4n) is 1.96. The number of nitrogens with one attached hydrogen (secondary N) is 1. The van der Waals surface area contributed by atoms with Gasteiger partial charge in [-0.3, -0.25) is 9.13 Å². The van der Waals surface area contributed by atoms with Crippen molar-refractivity contribution in [2.75, 3.05) is 6.54 Å². The molecule has 0 atom stereocenters. The molecule has 0 fully saturated rings. The van der Waals surface area contributed by atoms with Crippen LogP contribution in [0.15, 0.2) is 35.6 Å². The molecule has 0 bridgehead atoms. The van der Waals surface area contributed by atoms with Gasteiger partial charge in [-0.2, -0.15) is 0 Å². The minimum absolute atomic E-state index is 0.110. The second-order valence-electron chi connectivity index (χ2n) is 3.76. The maximum absolute atomic E-state index is 11.5. The molecule has 0 saturated heterocycles. The summed E-state index contributed by atoms with van der Waals surface area (Å²) in [4.78, 5) is 34.7. The molecule has 0 saturated carbocycles. The van der Waals surface area contributed by atoms with Crippen LogP contribution in [0.25, 0.3) is 0 Å². The fraction of sp³-hybridized carbons (Fsp3) is 0.250. The monoisotopic (exact) mass is 279 g/mol. The number of allylic oxidation sites excluding steroid dienone is 4. The summed E-state index contributed by atoms with van der Waals surface area (Å²) in [5, 5.41) is 2.63. The van der Waals surface area contributed by atoms with Crippen molar-refractivity contribution in [3.63, 3.8) is 0 Å². The summed E-state index contributed by atoms with van der Waals surface area (Å²) >= 11 is 0. The standard InChI is InChI=1S/C8H11NO6P2/c10-16(11,12)8(17(13,14)15)4-3-6-2-1-5-9-7(6)8/h1-4,9H,5H2,(H2,10,11,12)(H2,13,14,15). The van der Waals surface area contributed by atoms with Crippen LogP contribution in [0.3, 0.4) is 0 Å². The van der Waals surface area contributed by atoms with Crippen molar-refractivity contribution in [2.45, 2.75) is 4.90 Å².